The fourth-order valence-corrected chi connectivity index (χ4v) is 2.32. The third kappa shape index (κ3) is 8.41. The lowest BCUT2D eigenvalue weighted by atomic mass is 9.92. The van der Waals surface area contributed by atoms with Gasteiger partial charge in [-0.25, -0.2) is 9.59 Å². The maximum Gasteiger partial charge on any atom is 0.328 e. The van der Waals surface area contributed by atoms with Gasteiger partial charge >= 0.3 is 11.9 Å². The molecule has 0 fully saturated rings. The predicted octanol–water partition coefficient (Wildman–Crippen LogP) is 3.19. The van der Waals surface area contributed by atoms with Gasteiger partial charge in [-0.2, -0.15) is 0 Å². The molecule has 1 aromatic heterocycles. The first-order valence-electron chi connectivity index (χ1n) is 7.89. The standard InChI is InChI=1S/C15H17ClN2.C4H4O4/c1-17-11-9-14(15-4-2-3-10-18-15)12-5-7-13(16)8-6-12;5-3(6)1-2-4(7)8/h2-8,10,14,17H,9,11H2,1H3;1-2H,(H,5,6)(H,7,8). The van der Waals surface area contributed by atoms with E-state index in [0.717, 1.165) is 23.7 Å². The van der Waals surface area contributed by atoms with Crippen molar-refractivity contribution in [3.63, 3.8) is 0 Å². The summed E-state index contributed by atoms with van der Waals surface area (Å²) in [5.74, 6) is -2.20. The highest BCUT2D eigenvalue weighted by Gasteiger charge is 2.14. The van der Waals surface area contributed by atoms with E-state index in [1.807, 2.05) is 37.5 Å². The van der Waals surface area contributed by atoms with E-state index in [0.29, 0.717) is 18.1 Å². The number of rotatable bonds is 7. The van der Waals surface area contributed by atoms with Crippen molar-refractivity contribution in [2.24, 2.45) is 0 Å². The van der Waals surface area contributed by atoms with Gasteiger partial charge in [-0.05, 0) is 49.8 Å². The van der Waals surface area contributed by atoms with Crippen molar-refractivity contribution in [3.8, 4) is 0 Å². The molecule has 1 unspecified atom stereocenters. The Hall–Kier alpha value is -2.70. The summed E-state index contributed by atoms with van der Waals surface area (Å²) in [6.45, 7) is 0.962. The molecule has 6 nitrogen and oxygen atoms in total. The molecule has 0 aliphatic heterocycles. The van der Waals surface area contributed by atoms with Crippen molar-refractivity contribution in [2.75, 3.05) is 13.6 Å². The molecule has 1 heterocycles. The van der Waals surface area contributed by atoms with Gasteiger partial charge in [0.2, 0.25) is 0 Å². The van der Waals surface area contributed by atoms with Gasteiger partial charge < -0.3 is 15.5 Å². The lowest BCUT2D eigenvalue weighted by Gasteiger charge is -2.16. The first kappa shape index (κ1) is 21.3. The van der Waals surface area contributed by atoms with Crippen LogP contribution in [-0.4, -0.2) is 40.7 Å². The zero-order chi connectivity index (χ0) is 19.4. The van der Waals surface area contributed by atoms with Gasteiger partial charge in [-0.15, -0.1) is 0 Å². The highest BCUT2D eigenvalue weighted by atomic mass is 35.5. The fourth-order valence-electron chi connectivity index (χ4n) is 2.19. The highest BCUT2D eigenvalue weighted by molar-refractivity contribution is 6.30. The van der Waals surface area contributed by atoms with Crippen LogP contribution in [0.5, 0.6) is 0 Å². The number of carboxylic acids is 2. The van der Waals surface area contributed by atoms with Crippen LogP contribution in [0, 0.1) is 0 Å². The van der Waals surface area contributed by atoms with Crippen LogP contribution in [0.25, 0.3) is 0 Å². The summed E-state index contributed by atoms with van der Waals surface area (Å²) < 4.78 is 0. The number of benzene rings is 1. The van der Waals surface area contributed by atoms with E-state index in [4.69, 9.17) is 21.8 Å². The van der Waals surface area contributed by atoms with Gasteiger partial charge in [0.1, 0.15) is 0 Å². The zero-order valence-corrected chi connectivity index (χ0v) is 15.1. The van der Waals surface area contributed by atoms with Crippen LogP contribution in [-0.2, 0) is 9.59 Å². The van der Waals surface area contributed by atoms with Gasteiger partial charge in [0.25, 0.3) is 0 Å². The molecule has 2 rings (SSSR count). The van der Waals surface area contributed by atoms with Gasteiger partial charge in [0, 0.05) is 35.0 Å². The average Bonchev–Trinajstić information content (AvgIpc) is 2.63. The van der Waals surface area contributed by atoms with Crippen molar-refractivity contribution in [1.29, 1.82) is 0 Å². The summed E-state index contributed by atoms with van der Waals surface area (Å²) in [5, 5.41) is 19.6. The number of hydrogen-bond acceptors (Lipinski definition) is 4. The molecule has 0 aliphatic rings. The molecule has 3 N–H and O–H groups in total. The van der Waals surface area contributed by atoms with Crippen LogP contribution >= 0.6 is 11.6 Å². The average molecular weight is 377 g/mol. The number of pyridine rings is 1. The second-order valence-electron chi connectivity index (χ2n) is 5.26. The predicted molar refractivity (Wildman–Crippen MR) is 100 cm³/mol. The van der Waals surface area contributed by atoms with Gasteiger partial charge in [0.05, 0.1) is 0 Å². The Morgan fingerprint density at radius 2 is 1.73 bits per heavy atom. The van der Waals surface area contributed by atoms with Crippen molar-refractivity contribution in [1.82, 2.24) is 10.3 Å². The summed E-state index contributed by atoms with van der Waals surface area (Å²) in [6.07, 6.45) is 3.98. The van der Waals surface area contributed by atoms with E-state index in [9.17, 15) is 9.59 Å². The highest BCUT2D eigenvalue weighted by Crippen LogP contribution is 2.27. The van der Waals surface area contributed by atoms with Crippen LogP contribution in [0.3, 0.4) is 0 Å². The monoisotopic (exact) mass is 376 g/mol. The van der Waals surface area contributed by atoms with E-state index in [1.54, 1.807) is 0 Å². The van der Waals surface area contributed by atoms with E-state index >= 15 is 0 Å². The minimum absolute atomic E-state index is 0.316. The minimum Gasteiger partial charge on any atom is -0.478 e. The Balaban J connectivity index is 0.000000359. The Morgan fingerprint density at radius 3 is 2.19 bits per heavy atom. The van der Waals surface area contributed by atoms with E-state index in [2.05, 4.69) is 28.5 Å². The summed E-state index contributed by atoms with van der Waals surface area (Å²) in [7, 11) is 1.97. The molecule has 0 spiro atoms. The Morgan fingerprint density at radius 1 is 1.12 bits per heavy atom. The third-order valence-corrected chi connectivity index (χ3v) is 3.62. The summed E-state index contributed by atoms with van der Waals surface area (Å²) in [5.41, 5.74) is 2.36. The second kappa shape index (κ2) is 11.8. The molecule has 1 atom stereocenters. The van der Waals surface area contributed by atoms with Gasteiger partial charge in [-0.3, -0.25) is 4.98 Å². The molecule has 2 aromatic rings. The molecule has 138 valence electrons. The van der Waals surface area contributed by atoms with E-state index in [1.165, 1.54) is 5.56 Å². The molecular weight excluding hydrogens is 356 g/mol. The molecule has 0 radical (unpaired) electrons. The topological polar surface area (TPSA) is 99.5 Å². The van der Waals surface area contributed by atoms with Crippen LogP contribution < -0.4 is 5.32 Å². The number of aromatic nitrogens is 1. The van der Waals surface area contributed by atoms with Gasteiger partial charge in [0.15, 0.2) is 0 Å². The molecule has 1 aromatic carbocycles. The Labute approximate surface area is 157 Å². The quantitative estimate of drug-likeness (QED) is 0.642. The van der Waals surface area contributed by atoms with Crippen LogP contribution in [0.4, 0.5) is 0 Å². The molecule has 7 heteroatoms. The number of nitrogens with one attached hydrogen (secondary N) is 1. The van der Waals surface area contributed by atoms with E-state index in [-0.39, 0.29) is 0 Å². The SMILES string of the molecule is CNCCC(c1ccc(Cl)cc1)c1ccccn1.O=C(O)C=CC(=O)O. The number of aliphatic carboxylic acids is 2. The maximum absolute atomic E-state index is 9.55. The number of carboxylic acid groups (broad SMARTS) is 2. The van der Waals surface area contributed by atoms with E-state index < -0.39 is 11.9 Å². The first-order chi connectivity index (χ1) is 12.4. The lowest BCUT2D eigenvalue weighted by Crippen LogP contribution is -2.13. The molecular formula is C19H21ClN2O4. The van der Waals surface area contributed by atoms with Crippen molar-refractivity contribution >= 4 is 23.5 Å². The van der Waals surface area contributed by atoms with Crippen LogP contribution in [0.2, 0.25) is 5.02 Å². The summed E-state index contributed by atoms with van der Waals surface area (Å²) >= 11 is 5.94. The second-order valence-corrected chi connectivity index (χ2v) is 5.70. The van der Waals surface area contributed by atoms with Crippen LogP contribution in [0.15, 0.2) is 60.8 Å². The first-order valence-corrected chi connectivity index (χ1v) is 8.26. The summed E-state index contributed by atoms with van der Waals surface area (Å²) in [6, 6.07) is 14.1. The lowest BCUT2D eigenvalue weighted by molar-refractivity contribution is -0.134. The smallest absolute Gasteiger partial charge is 0.328 e. The molecule has 26 heavy (non-hydrogen) atoms. The van der Waals surface area contributed by atoms with Gasteiger partial charge in [-0.1, -0.05) is 29.8 Å². The zero-order valence-electron chi connectivity index (χ0n) is 14.3. The Kier molecular flexibility index (Phi) is 9.67. The molecule has 0 bridgehead atoms. The van der Waals surface area contributed by atoms with Crippen molar-refractivity contribution in [2.45, 2.75) is 12.3 Å². The van der Waals surface area contributed by atoms with Crippen molar-refractivity contribution in [3.05, 3.63) is 77.1 Å². The molecule has 0 saturated heterocycles. The molecule has 0 amide bonds. The third-order valence-electron chi connectivity index (χ3n) is 3.37. The molecule has 0 aliphatic carbocycles. The summed E-state index contributed by atoms with van der Waals surface area (Å²) in [4.78, 5) is 23.6. The number of nitrogens with zero attached hydrogens (tertiary/aromatic N) is 1. The molecule has 0 saturated carbocycles. The largest absolute Gasteiger partial charge is 0.478 e. The minimum atomic E-state index is -1.26. The Bertz CT molecular complexity index is 702. The maximum atomic E-state index is 9.55. The number of halogens is 1. The normalized spacial score (nSPS) is 11.5. The van der Waals surface area contributed by atoms with Crippen LogP contribution in [0.1, 0.15) is 23.6 Å². The van der Waals surface area contributed by atoms with Crippen molar-refractivity contribution < 1.29 is 19.8 Å². The fraction of sp³-hybridized carbons (Fsp3) is 0.211. The number of carbonyl (C=O) groups is 2. The number of hydrogen-bond donors (Lipinski definition) is 3.